The van der Waals surface area contributed by atoms with Gasteiger partial charge in [-0.15, -0.1) is 0 Å². The summed E-state index contributed by atoms with van der Waals surface area (Å²) in [6.07, 6.45) is 0. The lowest BCUT2D eigenvalue weighted by Gasteiger charge is -2.08. The molecule has 0 unspecified atom stereocenters. The molecule has 0 saturated carbocycles. The first-order valence-electron chi connectivity index (χ1n) is 7.94. The molecule has 6 heteroatoms. The summed E-state index contributed by atoms with van der Waals surface area (Å²) in [7, 11) is 0. The third-order valence-corrected chi connectivity index (χ3v) is 3.64. The Bertz CT molecular complexity index is 935. The zero-order valence-corrected chi connectivity index (χ0v) is 13.8. The van der Waals surface area contributed by atoms with Crippen LogP contribution in [0.5, 0.6) is 0 Å². The second kappa shape index (κ2) is 7.53. The largest absolute Gasteiger partial charge is 0.349 e. The summed E-state index contributed by atoms with van der Waals surface area (Å²) in [5, 5.41) is 7.04. The minimum Gasteiger partial charge on any atom is -0.349 e. The number of hydrogen-bond acceptors (Lipinski definition) is 4. The first-order valence-corrected chi connectivity index (χ1v) is 7.94. The average molecular weight is 334 g/mol. The van der Waals surface area contributed by atoms with Gasteiger partial charge in [0, 0.05) is 17.3 Å². The van der Waals surface area contributed by atoms with Crippen molar-refractivity contribution in [2.75, 3.05) is 0 Å². The Labute approximate surface area is 145 Å². The van der Waals surface area contributed by atoms with Crippen LogP contribution in [-0.4, -0.2) is 20.7 Å². The van der Waals surface area contributed by atoms with E-state index in [1.807, 2.05) is 55.5 Å². The number of rotatable bonds is 5. The molecule has 1 amide bonds. The molecule has 0 bridgehead atoms. The van der Waals surface area contributed by atoms with Gasteiger partial charge in [0.15, 0.2) is 0 Å². The molecular formula is C19H18N4O2. The molecule has 0 radical (unpaired) electrons. The minimum absolute atomic E-state index is 0.134. The smallest absolute Gasteiger partial charge is 0.267 e. The van der Waals surface area contributed by atoms with Gasteiger partial charge in [-0.05, 0) is 25.1 Å². The lowest BCUT2D eigenvalue weighted by Crippen LogP contribution is -2.33. The molecule has 25 heavy (non-hydrogen) atoms. The van der Waals surface area contributed by atoms with Crippen LogP contribution in [0.25, 0.3) is 11.3 Å². The van der Waals surface area contributed by atoms with Gasteiger partial charge >= 0.3 is 0 Å². The third kappa shape index (κ3) is 4.38. The van der Waals surface area contributed by atoms with E-state index in [1.165, 1.54) is 10.7 Å². The summed E-state index contributed by atoms with van der Waals surface area (Å²) in [6.45, 7) is 2.07. The quantitative estimate of drug-likeness (QED) is 0.773. The van der Waals surface area contributed by atoms with E-state index < -0.39 is 0 Å². The third-order valence-electron chi connectivity index (χ3n) is 3.64. The molecule has 0 aliphatic rings. The van der Waals surface area contributed by atoms with Crippen LogP contribution in [-0.2, 0) is 17.9 Å². The molecule has 0 aliphatic carbocycles. The van der Waals surface area contributed by atoms with E-state index in [9.17, 15) is 9.59 Å². The highest BCUT2D eigenvalue weighted by Crippen LogP contribution is 2.13. The Morgan fingerprint density at radius 1 is 1.04 bits per heavy atom. The van der Waals surface area contributed by atoms with E-state index in [1.54, 1.807) is 6.07 Å². The van der Waals surface area contributed by atoms with Gasteiger partial charge in [0.25, 0.3) is 5.56 Å². The van der Waals surface area contributed by atoms with Gasteiger partial charge in [0.2, 0.25) is 5.91 Å². The Balaban J connectivity index is 1.69. The van der Waals surface area contributed by atoms with E-state index >= 15 is 0 Å². The van der Waals surface area contributed by atoms with Gasteiger partial charge in [-0.1, -0.05) is 36.4 Å². The van der Waals surface area contributed by atoms with Crippen molar-refractivity contribution < 1.29 is 4.79 Å². The molecule has 0 saturated heterocycles. The molecule has 3 aromatic rings. The highest BCUT2D eigenvalue weighted by molar-refractivity contribution is 5.75. The lowest BCUT2D eigenvalue weighted by atomic mass is 10.1. The van der Waals surface area contributed by atoms with Crippen LogP contribution >= 0.6 is 0 Å². The van der Waals surface area contributed by atoms with Gasteiger partial charge in [-0.3, -0.25) is 14.6 Å². The van der Waals surface area contributed by atoms with E-state index in [2.05, 4.69) is 15.4 Å². The van der Waals surface area contributed by atoms with Crippen LogP contribution in [0.2, 0.25) is 0 Å². The van der Waals surface area contributed by atoms with Crippen molar-refractivity contribution in [1.82, 2.24) is 20.1 Å². The Morgan fingerprint density at radius 3 is 2.60 bits per heavy atom. The number of benzene rings is 1. The number of nitrogens with zero attached hydrogens (tertiary/aromatic N) is 3. The topological polar surface area (TPSA) is 76.9 Å². The number of amides is 1. The molecule has 0 spiro atoms. The number of carbonyl (C=O) groups excluding carboxylic acids is 1. The van der Waals surface area contributed by atoms with Gasteiger partial charge in [0.05, 0.1) is 17.9 Å². The number of hydrogen-bond donors (Lipinski definition) is 1. The number of aryl methyl sites for hydroxylation is 1. The van der Waals surface area contributed by atoms with Crippen molar-refractivity contribution >= 4 is 5.91 Å². The Kier molecular flexibility index (Phi) is 4.99. The van der Waals surface area contributed by atoms with Crippen molar-refractivity contribution in [3.63, 3.8) is 0 Å². The molecule has 0 aliphatic heterocycles. The predicted molar refractivity (Wildman–Crippen MR) is 94.8 cm³/mol. The molecule has 3 rings (SSSR count). The second-order valence-electron chi connectivity index (χ2n) is 5.63. The SMILES string of the molecule is Cc1cccc(CNC(=O)Cn2nc(-c3ccccc3)ccc2=O)n1. The summed E-state index contributed by atoms with van der Waals surface area (Å²) in [4.78, 5) is 28.4. The number of aromatic nitrogens is 3. The van der Waals surface area contributed by atoms with Gasteiger partial charge < -0.3 is 5.32 Å². The number of pyridine rings is 1. The van der Waals surface area contributed by atoms with Crippen LogP contribution in [0.1, 0.15) is 11.4 Å². The summed E-state index contributed by atoms with van der Waals surface area (Å²) in [5.74, 6) is -0.289. The molecule has 6 nitrogen and oxygen atoms in total. The van der Waals surface area contributed by atoms with Crippen LogP contribution in [0, 0.1) is 6.92 Å². The number of nitrogens with one attached hydrogen (secondary N) is 1. The lowest BCUT2D eigenvalue weighted by molar-refractivity contribution is -0.122. The molecular weight excluding hydrogens is 316 g/mol. The predicted octanol–water partition coefficient (Wildman–Crippen LogP) is 1.93. The fraction of sp³-hybridized carbons (Fsp3) is 0.158. The van der Waals surface area contributed by atoms with Crippen LogP contribution in [0.4, 0.5) is 0 Å². The zero-order valence-electron chi connectivity index (χ0n) is 13.8. The molecule has 0 fully saturated rings. The highest BCUT2D eigenvalue weighted by Gasteiger charge is 2.08. The molecule has 1 aromatic carbocycles. The van der Waals surface area contributed by atoms with Crippen LogP contribution < -0.4 is 10.9 Å². The standard InChI is InChI=1S/C19H18N4O2/c1-14-6-5-9-16(21-14)12-20-18(24)13-23-19(25)11-10-17(22-23)15-7-3-2-4-8-15/h2-11H,12-13H2,1H3,(H,20,24). The molecule has 2 aromatic heterocycles. The van der Waals surface area contributed by atoms with Gasteiger partial charge in [0.1, 0.15) is 6.54 Å². The fourth-order valence-corrected chi connectivity index (χ4v) is 2.40. The van der Waals surface area contributed by atoms with Crippen molar-refractivity contribution in [2.45, 2.75) is 20.0 Å². The number of carbonyl (C=O) groups is 1. The maximum atomic E-state index is 12.1. The highest BCUT2D eigenvalue weighted by atomic mass is 16.2. The second-order valence-corrected chi connectivity index (χ2v) is 5.63. The first-order chi connectivity index (χ1) is 12.1. The summed E-state index contributed by atoms with van der Waals surface area (Å²) in [5.41, 5.74) is 2.88. The summed E-state index contributed by atoms with van der Waals surface area (Å²) in [6, 6.07) is 18.2. The van der Waals surface area contributed by atoms with Crippen molar-refractivity contribution in [2.24, 2.45) is 0 Å². The van der Waals surface area contributed by atoms with Crippen LogP contribution in [0.15, 0.2) is 65.5 Å². The Morgan fingerprint density at radius 2 is 1.84 bits per heavy atom. The minimum atomic E-state index is -0.316. The Hall–Kier alpha value is -3.28. The zero-order chi connectivity index (χ0) is 17.6. The molecule has 0 atom stereocenters. The van der Waals surface area contributed by atoms with Crippen molar-refractivity contribution in [3.8, 4) is 11.3 Å². The van der Waals surface area contributed by atoms with E-state index in [4.69, 9.17) is 0 Å². The van der Waals surface area contributed by atoms with Crippen LogP contribution in [0.3, 0.4) is 0 Å². The van der Waals surface area contributed by atoms with Crippen molar-refractivity contribution in [3.05, 3.63) is 82.4 Å². The van der Waals surface area contributed by atoms with E-state index in [0.717, 1.165) is 17.0 Å². The monoisotopic (exact) mass is 334 g/mol. The maximum absolute atomic E-state index is 12.1. The molecule has 1 N–H and O–H groups in total. The normalized spacial score (nSPS) is 10.4. The average Bonchev–Trinajstić information content (AvgIpc) is 2.63. The molecule has 2 heterocycles. The van der Waals surface area contributed by atoms with E-state index in [-0.39, 0.29) is 18.0 Å². The fourth-order valence-electron chi connectivity index (χ4n) is 2.40. The first kappa shape index (κ1) is 16.6. The maximum Gasteiger partial charge on any atom is 0.267 e. The van der Waals surface area contributed by atoms with Gasteiger partial charge in [-0.25, -0.2) is 4.68 Å². The summed E-state index contributed by atoms with van der Waals surface area (Å²) >= 11 is 0. The summed E-state index contributed by atoms with van der Waals surface area (Å²) < 4.78 is 1.17. The van der Waals surface area contributed by atoms with Gasteiger partial charge in [-0.2, -0.15) is 5.10 Å². The molecule has 126 valence electrons. The van der Waals surface area contributed by atoms with Crippen molar-refractivity contribution in [1.29, 1.82) is 0 Å². The van der Waals surface area contributed by atoms with E-state index in [0.29, 0.717) is 12.2 Å².